The summed E-state index contributed by atoms with van der Waals surface area (Å²) in [5.41, 5.74) is 11.6. The largest absolute Gasteiger partial charge is 0.336 e. The second kappa shape index (κ2) is 10.1. The molecule has 5 rings (SSSR count). The first kappa shape index (κ1) is 26.8. The minimum absolute atomic E-state index is 0.130. The Morgan fingerprint density at radius 3 is 2.36 bits per heavy atom. The Hall–Kier alpha value is -3.76. The molecule has 2 heterocycles. The van der Waals surface area contributed by atoms with Gasteiger partial charge in [0.15, 0.2) is 0 Å². The van der Waals surface area contributed by atoms with Crippen LogP contribution in [0.5, 0.6) is 0 Å². The third-order valence-electron chi connectivity index (χ3n) is 7.01. The molecular formula is C29H28ClN5O3S. The first-order valence-electron chi connectivity index (χ1n) is 12.2. The lowest BCUT2D eigenvalue weighted by Crippen LogP contribution is -2.41. The van der Waals surface area contributed by atoms with E-state index in [2.05, 4.69) is 9.71 Å². The van der Waals surface area contributed by atoms with Crippen LogP contribution >= 0.6 is 11.6 Å². The molecule has 1 unspecified atom stereocenters. The SMILES string of the molecule is Cn1cncc1C(N)(c1ccc(CNS(C)(=O)=O)cc1)c1ccc2c(c1)c(-c1cccc(Cl)c1)cc(=O)n2C. The van der Waals surface area contributed by atoms with E-state index in [4.69, 9.17) is 17.3 Å². The standard InChI is InChI=1S/C29H28ClN5O3S/c1-34-18-32-17-27(34)29(31,21-9-7-19(8-10-21)16-33-39(3,37)38)22-11-12-26-25(14-22)24(15-28(36)35(26)2)20-5-4-6-23(30)13-20/h4-15,17-18,33H,16,31H2,1-3H3. The Kier molecular flexibility index (Phi) is 6.94. The van der Waals surface area contributed by atoms with Crippen LogP contribution in [0.15, 0.2) is 90.1 Å². The number of hydrogen-bond donors (Lipinski definition) is 2. The molecule has 0 saturated carbocycles. The molecule has 0 amide bonds. The highest BCUT2D eigenvalue weighted by Crippen LogP contribution is 2.37. The molecule has 0 aliphatic rings. The van der Waals surface area contributed by atoms with Crippen molar-refractivity contribution in [3.63, 3.8) is 0 Å². The number of sulfonamides is 1. The van der Waals surface area contributed by atoms with Crippen molar-refractivity contribution in [1.82, 2.24) is 18.8 Å². The second-order valence-electron chi connectivity index (χ2n) is 9.69. The molecule has 0 radical (unpaired) electrons. The van der Waals surface area contributed by atoms with Crippen molar-refractivity contribution >= 4 is 32.5 Å². The number of halogens is 1. The number of rotatable bonds is 7. The average molecular weight is 562 g/mol. The molecule has 0 saturated heterocycles. The maximum atomic E-state index is 12.8. The highest BCUT2D eigenvalue weighted by Gasteiger charge is 2.35. The Bertz CT molecular complexity index is 1860. The lowest BCUT2D eigenvalue weighted by molar-refractivity contribution is 0.587. The van der Waals surface area contributed by atoms with Gasteiger partial charge in [-0.05, 0) is 52.1 Å². The van der Waals surface area contributed by atoms with Crippen molar-refractivity contribution in [3.05, 3.63) is 123 Å². The summed E-state index contributed by atoms with van der Waals surface area (Å²) in [5, 5.41) is 1.42. The highest BCUT2D eigenvalue weighted by atomic mass is 35.5. The van der Waals surface area contributed by atoms with Crippen molar-refractivity contribution in [2.45, 2.75) is 12.1 Å². The second-order valence-corrected chi connectivity index (χ2v) is 12.0. The number of nitrogens with two attached hydrogens (primary N) is 1. The van der Waals surface area contributed by atoms with Crippen LogP contribution in [0.3, 0.4) is 0 Å². The maximum Gasteiger partial charge on any atom is 0.251 e. The molecule has 2 aromatic heterocycles. The van der Waals surface area contributed by atoms with Crippen LogP contribution < -0.4 is 16.0 Å². The summed E-state index contributed by atoms with van der Waals surface area (Å²) in [6, 6.07) is 22.4. The number of nitrogens with one attached hydrogen (secondary N) is 1. The van der Waals surface area contributed by atoms with Crippen molar-refractivity contribution in [1.29, 1.82) is 0 Å². The predicted molar refractivity (Wildman–Crippen MR) is 155 cm³/mol. The van der Waals surface area contributed by atoms with E-state index in [1.165, 1.54) is 0 Å². The topological polar surface area (TPSA) is 112 Å². The van der Waals surface area contributed by atoms with Gasteiger partial charge in [-0.15, -0.1) is 0 Å². The number of nitrogens with zero attached hydrogens (tertiary/aromatic N) is 3. The van der Waals surface area contributed by atoms with Gasteiger partial charge in [-0.2, -0.15) is 0 Å². The van der Waals surface area contributed by atoms with E-state index >= 15 is 0 Å². The van der Waals surface area contributed by atoms with Crippen LogP contribution in [0.2, 0.25) is 5.02 Å². The van der Waals surface area contributed by atoms with Gasteiger partial charge < -0.3 is 14.9 Å². The molecule has 10 heteroatoms. The van der Waals surface area contributed by atoms with Crippen LogP contribution in [0.4, 0.5) is 0 Å². The van der Waals surface area contributed by atoms with Crippen LogP contribution in [-0.2, 0) is 36.2 Å². The minimum Gasteiger partial charge on any atom is -0.336 e. The Morgan fingerprint density at radius 1 is 1.00 bits per heavy atom. The smallest absolute Gasteiger partial charge is 0.251 e. The fourth-order valence-corrected chi connectivity index (χ4v) is 5.52. The zero-order valence-corrected chi connectivity index (χ0v) is 23.3. The third kappa shape index (κ3) is 5.14. The molecule has 0 spiro atoms. The van der Waals surface area contributed by atoms with Crippen molar-refractivity contribution < 1.29 is 8.42 Å². The summed E-state index contributed by atoms with van der Waals surface area (Å²) in [4.78, 5) is 17.2. The fraction of sp³-hybridized carbons (Fsp3) is 0.172. The van der Waals surface area contributed by atoms with Crippen LogP contribution in [0.1, 0.15) is 22.4 Å². The summed E-state index contributed by atoms with van der Waals surface area (Å²) in [7, 11) is 0.307. The summed E-state index contributed by atoms with van der Waals surface area (Å²) < 4.78 is 29.1. The zero-order valence-electron chi connectivity index (χ0n) is 21.7. The number of hydrogen-bond acceptors (Lipinski definition) is 5. The van der Waals surface area contributed by atoms with Gasteiger partial charge in [0, 0.05) is 37.1 Å². The Balaban J connectivity index is 1.72. The van der Waals surface area contributed by atoms with E-state index in [0.29, 0.717) is 5.02 Å². The molecular weight excluding hydrogens is 534 g/mol. The van der Waals surface area contributed by atoms with E-state index in [-0.39, 0.29) is 12.1 Å². The van der Waals surface area contributed by atoms with Crippen molar-refractivity contribution in [2.24, 2.45) is 19.8 Å². The van der Waals surface area contributed by atoms with E-state index < -0.39 is 15.6 Å². The van der Waals surface area contributed by atoms with Gasteiger partial charge in [-0.1, -0.05) is 54.1 Å². The van der Waals surface area contributed by atoms with Gasteiger partial charge in [0.05, 0.1) is 30.0 Å². The van der Waals surface area contributed by atoms with Gasteiger partial charge in [-0.25, -0.2) is 18.1 Å². The van der Waals surface area contributed by atoms with E-state index in [9.17, 15) is 13.2 Å². The van der Waals surface area contributed by atoms with Gasteiger partial charge in [0.1, 0.15) is 5.54 Å². The van der Waals surface area contributed by atoms with Gasteiger partial charge >= 0.3 is 0 Å². The lowest BCUT2D eigenvalue weighted by Gasteiger charge is -2.32. The number of pyridine rings is 1. The molecule has 5 aromatic rings. The quantitative estimate of drug-likeness (QED) is 0.313. The first-order valence-corrected chi connectivity index (χ1v) is 14.4. The molecule has 1 atom stereocenters. The molecule has 3 N–H and O–H groups in total. The summed E-state index contributed by atoms with van der Waals surface area (Å²) in [6.45, 7) is 0.176. The average Bonchev–Trinajstić information content (AvgIpc) is 3.35. The van der Waals surface area contributed by atoms with Crippen molar-refractivity contribution in [2.75, 3.05) is 6.26 Å². The summed E-state index contributed by atoms with van der Waals surface area (Å²) in [6.07, 6.45) is 4.56. The van der Waals surface area contributed by atoms with Gasteiger partial charge in [0.2, 0.25) is 10.0 Å². The lowest BCUT2D eigenvalue weighted by atomic mass is 9.80. The van der Waals surface area contributed by atoms with Crippen molar-refractivity contribution in [3.8, 4) is 11.1 Å². The van der Waals surface area contributed by atoms with Gasteiger partial charge in [-0.3, -0.25) is 4.79 Å². The first-order chi connectivity index (χ1) is 18.5. The Morgan fingerprint density at radius 2 is 1.72 bits per heavy atom. The van der Waals surface area contributed by atoms with E-state index in [0.717, 1.165) is 50.7 Å². The number of aromatic nitrogens is 3. The van der Waals surface area contributed by atoms with Crippen LogP contribution in [0, 0.1) is 0 Å². The minimum atomic E-state index is -3.32. The highest BCUT2D eigenvalue weighted by molar-refractivity contribution is 7.88. The monoisotopic (exact) mass is 561 g/mol. The molecule has 39 heavy (non-hydrogen) atoms. The normalized spacial score (nSPS) is 13.5. The number of fused-ring (bicyclic) bond motifs is 1. The molecule has 0 aliphatic heterocycles. The predicted octanol–water partition coefficient (Wildman–Crippen LogP) is 3.89. The molecule has 3 aromatic carbocycles. The number of aryl methyl sites for hydroxylation is 2. The third-order valence-corrected chi connectivity index (χ3v) is 7.91. The number of imidazole rings is 1. The summed E-state index contributed by atoms with van der Waals surface area (Å²) in [5.74, 6) is 0. The van der Waals surface area contributed by atoms with E-state index in [1.807, 2.05) is 72.3 Å². The van der Waals surface area contributed by atoms with Gasteiger partial charge in [0.25, 0.3) is 5.56 Å². The molecule has 0 bridgehead atoms. The van der Waals surface area contributed by atoms with E-state index in [1.54, 1.807) is 36.3 Å². The number of benzene rings is 3. The fourth-order valence-electron chi connectivity index (χ4n) is 4.90. The molecule has 0 aliphatic carbocycles. The van der Waals surface area contributed by atoms with Crippen LogP contribution in [-0.4, -0.2) is 28.8 Å². The maximum absolute atomic E-state index is 12.8. The Labute approximate surface area is 231 Å². The van der Waals surface area contributed by atoms with Crippen LogP contribution in [0.25, 0.3) is 22.0 Å². The summed E-state index contributed by atoms with van der Waals surface area (Å²) >= 11 is 6.30. The zero-order chi connectivity index (χ0) is 27.9. The molecule has 8 nitrogen and oxygen atoms in total. The molecule has 0 fully saturated rings. The molecule has 200 valence electrons.